The van der Waals surface area contributed by atoms with E-state index in [4.69, 9.17) is 10.2 Å². The third kappa shape index (κ3) is 4.16. The Kier molecular flexibility index (Phi) is 6.15. The Bertz CT molecular complexity index is 1630. The molecule has 4 bridgehead atoms. The van der Waals surface area contributed by atoms with Gasteiger partial charge in [-0.3, -0.25) is 14.3 Å². The molecule has 11 nitrogen and oxygen atoms in total. The van der Waals surface area contributed by atoms with Gasteiger partial charge in [0.05, 0.1) is 30.9 Å². The summed E-state index contributed by atoms with van der Waals surface area (Å²) in [6, 6.07) is 8.82. The molecule has 0 saturated carbocycles. The Hall–Kier alpha value is -4.16. The third-order valence-corrected chi connectivity index (χ3v) is 7.96. The Labute approximate surface area is 222 Å². The number of hydrogen-bond acceptors (Lipinski definition) is 6. The molecule has 1 fully saturated rings. The van der Waals surface area contributed by atoms with Crippen molar-refractivity contribution in [1.29, 1.82) is 0 Å². The normalized spacial score (nSPS) is 19.9. The molecule has 0 aliphatic carbocycles. The van der Waals surface area contributed by atoms with Crippen LogP contribution in [-0.4, -0.2) is 75.3 Å². The number of aromatic nitrogens is 4. The van der Waals surface area contributed by atoms with Crippen molar-refractivity contribution in [3.63, 3.8) is 0 Å². The fourth-order valence-electron chi connectivity index (χ4n) is 6.02. The van der Waals surface area contributed by atoms with Crippen molar-refractivity contribution < 1.29 is 23.9 Å². The van der Waals surface area contributed by atoms with Crippen LogP contribution >= 0.6 is 0 Å². The number of hydrogen-bond donors (Lipinski definition) is 3. The van der Waals surface area contributed by atoms with E-state index >= 15 is 4.39 Å². The number of fused-ring (bicyclic) bond motifs is 2. The Morgan fingerprint density at radius 3 is 2.67 bits per heavy atom. The second kappa shape index (κ2) is 9.54. The lowest BCUT2D eigenvalue weighted by Crippen LogP contribution is -2.65. The molecule has 2 amide bonds. The number of nitrogens with zero attached hydrogens (tertiary/aromatic N) is 5. The van der Waals surface area contributed by atoms with Crippen molar-refractivity contribution in [3.05, 3.63) is 48.0 Å². The van der Waals surface area contributed by atoms with Gasteiger partial charge in [0.2, 0.25) is 5.91 Å². The molecule has 39 heavy (non-hydrogen) atoms. The monoisotopic (exact) mass is 534 g/mol. The lowest BCUT2D eigenvalue weighted by atomic mass is 9.88. The van der Waals surface area contributed by atoms with Crippen LogP contribution in [0.2, 0.25) is 0 Å². The number of amides is 2. The summed E-state index contributed by atoms with van der Waals surface area (Å²) in [5.41, 5.74) is 3.32. The van der Waals surface area contributed by atoms with Crippen molar-refractivity contribution in [3.8, 4) is 11.1 Å². The highest BCUT2D eigenvalue weighted by molar-refractivity contribution is 6.00. The third-order valence-electron chi connectivity index (χ3n) is 7.96. The van der Waals surface area contributed by atoms with Gasteiger partial charge in [0.1, 0.15) is 31.0 Å². The summed E-state index contributed by atoms with van der Waals surface area (Å²) in [5.74, 6) is -1.62. The smallest absolute Gasteiger partial charge is 0.336 e. The van der Waals surface area contributed by atoms with Crippen LogP contribution in [0.1, 0.15) is 31.4 Å². The topological polar surface area (TPSA) is 131 Å². The van der Waals surface area contributed by atoms with Crippen LogP contribution in [0, 0.1) is 5.82 Å². The first-order valence-electron chi connectivity index (χ1n) is 13.0. The molecule has 3 aliphatic rings. The van der Waals surface area contributed by atoms with Crippen LogP contribution in [-0.2, 0) is 20.9 Å². The Balaban J connectivity index is 1.44. The number of benzene rings is 2. The van der Waals surface area contributed by atoms with E-state index in [0.717, 1.165) is 16.6 Å². The van der Waals surface area contributed by atoms with Crippen molar-refractivity contribution in [2.45, 2.75) is 32.2 Å². The highest BCUT2D eigenvalue weighted by Crippen LogP contribution is 2.42. The number of carbonyl (C=O) groups is 3. The molecule has 4 aromatic rings. The summed E-state index contributed by atoms with van der Waals surface area (Å²) < 4.78 is 17.3. The molecule has 2 aromatic carbocycles. The van der Waals surface area contributed by atoms with E-state index in [-0.39, 0.29) is 42.0 Å². The van der Waals surface area contributed by atoms with Gasteiger partial charge in [-0.05, 0) is 23.8 Å². The minimum atomic E-state index is -0.963. The van der Waals surface area contributed by atoms with Gasteiger partial charge in [-0.15, -0.1) is 9.69 Å². The van der Waals surface area contributed by atoms with Gasteiger partial charge in [-0.2, -0.15) is 5.10 Å². The lowest BCUT2D eigenvalue weighted by molar-refractivity contribution is -0.138. The number of carbonyl (C=O) groups excluding carboxylic acids is 2. The van der Waals surface area contributed by atoms with Gasteiger partial charge in [0.25, 0.3) is 0 Å². The molecule has 3 aliphatic heterocycles. The Morgan fingerprint density at radius 2 is 1.92 bits per heavy atom. The van der Waals surface area contributed by atoms with Gasteiger partial charge < -0.3 is 15.7 Å². The van der Waals surface area contributed by atoms with Crippen molar-refractivity contribution in [2.24, 2.45) is 0 Å². The van der Waals surface area contributed by atoms with Crippen molar-refractivity contribution in [1.82, 2.24) is 34.9 Å². The summed E-state index contributed by atoms with van der Waals surface area (Å²) in [4.78, 5) is 38.2. The van der Waals surface area contributed by atoms with E-state index < -0.39 is 11.8 Å². The number of rotatable bonds is 7. The minimum absolute atomic E-state index is 0.0220. The molecule has 202 valence electrons. The summed E-state index contributed by atoms with van der Waals surface area (Å²) in [6.45, 7) is 3.02. The van der Waals surface area contributed by atoms with Crippen LogP contribution in [0.25, 0.3) is 32.9 Å². The molecule has 2 aromatic heterocycles. The van der Waals surface area contributed by atoms with Gasteiger partial charge >= 0.3 is 11.9 Å². The van der Waals surface area contributed by atoms with Gasteiger partial charge in [-0.25, -0.2) is 9.18 Å². The van der Waals surface area contributed by atoms with E-state index in [9.17, 15) is 14.4 Å². The zero-order valence-corrected chi connectivity index (χ0v) is 21.5. The molecule has 0 radical (unpaired) electrons. The number of carboxylic acids is 1. The first-order chi connectivity index (χ1) is 18.8. The molecule has 0 atom stereocenters. The second-order valence-corrected chi connectivity index (χ2v) is 10.3. The van der Waals surface area contributed by atoms with Crippen LogP contribution in [0.5, 0.6) is 0 Å². The molecule has 0 unspecified atom stereocenters. The average molecular weight is 535 g/mol. The van der Waals surface area contributed by atoms with Gasteiger partial charge in [0, 0.05) is 48.2 Å². The average Bonchev–Trinajstić information content (AvgIpc) is 3.48. The van der Waals surface area contributed by atoms with E-state index in [1.807, 2.05) is 18.2 Å². The first kappa shape index (κ1) is 25.1. The fraction of sp³-hybridized carbons (Fsp3) is 0.370. The van der Waals surface area contributed by atoms with Crippen LogP contribution in [0.3, 0.4) is 0 Å². The molecule has 5 heterocycles. The zero-order valence-electron chi connectivity index (χ0n) is 21.5. The summed E-state index contributed by atoms with van der Waals surface area (Å²) in [6.07, 6.45) is 2.98. The lowest BCUT2D eigenvalue weighted by Gasteiger charge is -2.39. The predicted octanol–water partition coefficient (Wildman–Crippen LogP) is 1.86. The van der Waals surface area contributed by atoms with Gasteiger partial charge in [0.15, 0.2) is 0 Å². The number of halogens is 1. The molecule has 3 N–H and O–H groups in total. The maximum Gasteiger partial charge on any atom is 0.336 e. The number of nitrogens with one attached hydrogen (secondary N) is 2. The largest absolute Gasteiger partial charge is 0.480 e. The quantitative estimate of drug-likeness (QED) is 0.244. The minimum Gasteiger partial charge on any atom is -0.480 e. The molecule has 7 rings (SSSR count). The van der Waals surface area contributed by atoms with Crippen LogP contribution in [0.15, 0.2) is 36.5 Å². The summed E-state index contributed by atoms with van der Waals surface area (Å²) in [7, 11) is 0. The first-order valence-corrected chi connectivity index (χ1v) is 13.0. The van der Waals surface area contributed by atoms with Gasteiger partial charge in [-0.1, -0.05) is 16.9 Å². The molecule has 0 spiro atoms. The van der Waals surface area contributed by atoms with Crippen LogP contribution in [0.4, 0.5) is 4.39 Å². The number of aliphatic carboxylic acids is 1. The van der Waals surface area contributed by atoms with E-state index in [1.54, 1.807) is 28.7 Å². The van der Waals surface area contributed by atoms with E-state index in [1.165, 1.54) is 6.07 Å². The predicted molar refractivity (Wildman–Crippen MR) is 142 cm³/mol. The SMILES string of the molecule is CC(=O)[N+]12CCC(CC1)c1nn(CC(=O)NCCNCC(=O)O)c3cccc(c13)-c1cc3c(cnn32)cc1F. The maximum absolute atomic E-state index is 15.6. The summed E-state index contributed by atoms with van der Waals surface area (Å²) in [5, 5.41) is 25.1. The number of piperidine rings is 1. The number of quaternary nitrogens is 1. The molecular formula is C27H29FN7O4+. The van der Waals surface area contributed by atoms with E-state index in [2.05, 4.69) is 15.7 Å². The Morgan fingerprint density at radius 1 is 1.13 bits per heavy atom. The molecular weight excluding hydrogens is 505 g/mol. The second-order valence-electron chi connectivity index (χ2n) is 10.3. The summed E-state index contributed by atoms with van der Waals surface area (Å²) >= 11 is 0. The number of carboxylic acid groups (broad SMARTS) is 1. The zero-order chi connectivity index (χ0) is 27.3. The maximum atomic E-state index is 15.6. The highest BCUT2D eigenvalue weighted by atomic mass is 19.1. The molecule has 12 heteroatoms. The van der Waals surface area contributed by atoms with Crippen molar-refractivity contribution >= 4 is 39.6 Å². The standard InChI is InChI=1S/C27H28FN7O4/c1-16(36)35-9-5-17(6-10-35)27-26-19(20-12-23-18(11-21(20)28)13-31-34(23)35)3-2-4-22(26)33(32-27)15-24(37)30-8-7-29-14-25(38)39/h2-4,11-13,17,29H,5-10,14-15H2,1H3,(H-,30,37,38,39)/p+1. The van der Waals surface area contributed by atoms with Crippen LogP contribution < -0.4 is 15.2 Å². The van der Waals surface area contributed by atoms with E-state index in [0.29, 0.717) is 54.5 Å². The fourth-order valence-corrected chi connectivity index (χ4v) is 6.02. The van der Waals surface area contributed by atoms with Crippen molar-refractivity contribution in [2.75, 3.05) is 32.7 Å². The molecule has 1 saturated heterocycles. The highest BCUT2D eigenvalue weighted by Gasteiger charge is 2.44.